The number of ether oxygens (including phenoxy) is 1. The van der Waals surface area contributed by atoms with E-state index in [-0.39, 0.29) is 6.54 Å². The molecule has 1 heterocycles. The number of alkyl halides is 2. The molecule has 0 atom stereocenters. The zero-order chi connectivity index (χ0) is 13.3. The Labute approximate surface area is 108 Å². The molecule has 1 aliphatic rings. The second-order valence-electron chi connectivity index (χ2n) is 4.74. The minimum atomic E-state index is -2.76. The van der Waals surface area contributed by atoms with Crippen LogP contribution in [0.2, 0.25) is 0 Å². The summed E-state index contributed by atoms with van der Waals surface area (Å²) in [6, 6.07) is 0. The van der Waals surface area contributed by atoms with Gasteiger partial charge in [0.05, 0.1) is 6.54 Å². The van der Waals surface area contributed by atoms with E-state index in [0.29, 0.717) is 6.61 Å². The average molecular weight is 265 g/mol. The molecule has 18 heavy (non-hydrogen) atoms. The van der Waals surface area contributed by atoms with E-state index < -0.39 is 12.5 Å². The van der Waals surface area contributed by atoms with Crippen molar-refractivity contribution < 1.29 is 13.5 Å². The fraction of sp³-hybridized carbons (Fsp3) is 1.00. The van der Waals surface area contributed by atoms with Crippen molar-refractivity contribution in [1.29, 1.82) is 0 Å². The van der Waals surface area contributed by atoms with Crippen molar-refractivity contribution in [2.24, 2.45) is 0 Å². The van der Waals surface area contributed by atoms with Crippen LogP contribution in [0.1, 0.15) is 12.8 Å². The van der Waals surface area contributed by atoms with Crippen molar-refractivity contribution in [3.05, 3.63) is 0 Å². The third-order valence-electron chi connectivity index (χ3n) is 2.97. The normalized spacial score (nSPS) is 18.2. The summed E-state index contributed by atoms with van der Waals surface area (Å²) in [6.45, 7) is 4.92. The van der Waals surface area contributed by atoms with Crippen LogP contribution >= 0.6 is 0 Å². The molecule has 1 fully saturated rings. The zero-order valence-corrected chi connectivity index (χ0v) is 11.2. The Balaban J connectivity index is 1.92. The van der Waals surface area contributed by atoms with Crippen LogP contribution in [0.3, 0.4) is 0 Å². The lowest BCUT2D eigenvalue weighted by atomic mass is 10.2. The molecule has 0 aliphatic carbocycles. The fourth-order valence-corrected chi connectivity index (χ4v) is 2.01. The topological polar surface area (TPSA) is 36.5 Å². The zero-order valence-electron chi connectivity index (χ0n) is 11.2. The molecule has 0 saturated carbocycles. The molecule has 6 heteroatoms. The summed E-state index contributed by atoms with van der Waals surface area (Å²) in [5.74, 6) is -2.76. The van der Waals surface area contributed by atoms with Crippen LogP contribution in [0.25, 0.3) is 0 Å². The molecular weight excluding hydrogens is 240 g/mol. The van der Waals surface area contributed by atoms with Crippen molar-refractivity contribution in [3.63, 3.8) is 0 Å². The molecule has 2 N–H and O–H groups in total. The minimum Gasteiger partial charge on any atom is -0.375 e. The second-order valence-corrected chi connectivity index (χ2v) is 4.74. The lowest BCUT2D eigenvalue weighted by molar-refractivity contribution is -0.0742. The molecule has 108 valence electrons. The quantitative estimate of drug-likeness (QED) is 0.597. The van der Waals surface area contributed by atoms with Gasteiger partial charge in [-0.1, -0.05) is 0 Å². The summed E-state index contributed by atoms with van der Waals surface area (Å²) in [4.78, 5) is 2.39. The van der Waals surface area contributed by atoms with Gasteiger partial charge in [0.1, 0.15) is 6.61 Å². The van der Waals surface area contributed by atoms with Gasteiger partial charge in [0, 0.05) is 32.8 Å². The van der Waals surface area contributed by atoms with Gasteiger partial charge in [0.15, 0.2) is 0 Å². The summed E-state index contributed by atoms with van der Waals surface area (Å²) < 4.78 is 31.1. The van der Waals surface area contributed by atoms with Gasteiger partial charge in [-0.25, -0.2) is 8.78 Å². The summed E-state index contributed by atoms with van der Waals surface area (Å²) in [6.07, 6.45) is 1.86. The number of nitrogens with one attached hydrogen (secondary N) is 2. The SMILES string of the molecule is CNCC(F)(F)COCCCCN1CCNCC1. The highest BCUT2D eigenvalue weighted by atomic mass is 19.3. The molecule has 1 saturated heterocycles. The summed E-state index contributed by atoms with van der Waals surface area (Å²) in [5.41, 5.74) is 0. The molecule has 0 amide bonds. The number of hydrogen-bond acceptors (Lipinski definition) is 4. The molecule has 0 radical (unpaired) electrons. The van der Waals surface area contributed by atoms with E-state index in [2.05, 4.69) is 15.5 Å². The monoisotopic (exact) mass is 265 g/mol. The number of nitrogens with zero attached hydrogens (tertiary/aromatic N) is 1. The van der Waals surface area contributed by atoms with Gasteiger partial charge < -0.3 is 20.3 Å². The van der Waals surface area contributed by atoms with E-state index in [1.165, 1.54) is 7.05 Å². The molecular formula is C12H25F2N3O. The molecule has 0 aromatic heterocycles. The molecule has 0 bridgehead atoms. The van der Waals surface area contributed by atoms with Crippen molar-refractivity contribution in [2.75, 3.05) is 59.5 Å². The summed E-state index contributed by atoms with van der Waals surface area (Å²) in [5, 5.41) is 5.76. The largest absolute Gasteiger partial charge is 0.375 e. The Morgan fingerprint density at radius 2 is 2.00 bits per heavy atom. The molecule has 1 rings (SSSR count). The number of halogens is 2. The number of rotatable bonds is 9. The van der Waals surface area contributed by atoms with Crippen LogP contribution in [0.4, 0.5) is 8.78 Å². The molecule has 1 aliphatic heterocycles. The van der Waals surface area contributed by atoms with E-state index in [4.69, 9.17) is 4.74 Å². The van der Waals surface area contributed by atoms with Crippen molar-refractivity contribution >= 4 is 0 Å². The van der Waals surface area contributed by atoms with E-state index in [1.54, 1.807) is 0 Å². The molecule has 0 aromatic rings. The molecule has 0 aromatic carbocycles. The highest BCUT2D eigenvalue weighted by Gasteiger charge is 2.27. The number of unbranched alkanes of at least 4 members (excludes halogenated alkanes) is 1. The Morgan fingerprint density at radius 1 is 1.28 bits per heavy atom. The first-order chi connectivity index (χ1) is 8.64. The van der Waals surface area contributed by atoms with Crippen LogP contribution in [-0.2, 0) is 4.74 Å². The Bertz CT molecular complexity index is 211. The average Bonchev–Trinajstić information content (AvgIpc) is 2.35. The highest BCUT2D eigenvalue weighted by molar-refractivity contribution is 4.68. The fourth-order valence-electron chi connectivity index (χ4n) is 2.01. The van der Waals surface area contributed by atoms with Crippen LogP contribution in [0.15, 0.2) is 0 Å². The third kappa shape index (κ3) is 7.20. The predicted molar refractivity (Wildman–Crippen MR) is 68.2 cm³/mol. The van der Waals surface area contributed by atoms with E-state index in [0.717, 1.165) is 45.6 Å². The van der Waals surface area contributed by atoms with Crippen molar-refractivity contribution in [2.45, 2.75) is 18.8 Å². The maximum Gasteiger partial charge on any atom is 0.283 e. The van der Waals surface area contributed by atoms with Crippen LogP contribution in [-0.4, -0.2) is 70.4 Å². The smallest absolute Gasteiger partial charge is 0.283 e. The van der Waals surface area contributed by atoms with Gasteiger partial charge in [-0.05, 0) is 26.4 Å². The summed E-state index contributed by atoms with van der Waals surface area (Å²) >= 11 is 0. The van der Waals surface area contributed by atoms with Crippen LogP contribution in [0, 0.1) is 0 Å². The Morgan fingerprint density at radius 3 is 2.67 bits per heavy atom. The predicted octanol–water partition coefficient (Wildman–Crippen LogP) is 0.543. The second kappa shape index (κ2) is 8.74. The molecule has 4 nitrogen and oxygen atoms in total. The van der Waals surface area contributed by atoms with E-state index >= 15 is 0 Å². The van der Waals surface area contributed by atoms with Crippen molar-refractivity contribution in [3.8, 4) is 0 Å². The first-order valence-electron chi connectivity index (χ1n) is 6.67. The molecule has 0 spiro atoms. The lowest BCUT2D eigenvalue weighted by Gasteiger charge is -2.27. The first kappa shape index (κ1) is 15.8. The highest BCUT2D eigenvalue weighted by Crippen LogP contribution is 2.12. The Kier molecular flexibility index (Phi) is 7.65. The van der Waals surface area contributed by atoms with E-state index in [9.17, 15) is 8.78 Å². The Hall–Kier alpha value is -0.300. The maximum absolute atomic E-state index is 13.0. The third-order valence-corrected chi connectivity index (χ3v) is 2.97. The van der Waals surface area contributed by atoms with E-state index in [1.807, 2.05) is 0 Å². The lowest BCUT2D eigenvalue weighted by Crippen LogP contribution is -2.43. The number of piperazine rings is 1. The van der Waals surface area contributed by atoms with Crippen molar-refractivity contribution in [1.82, 2.24) is 15.5 Å². The standard InChI is InChI=1S/C12H25F2N3O/c1-15-10-12(13,14)11-18-9-3-2-6-17-7-4-16-5-8-17/h15-16H,2-11H2,1H3. The van der Waals surface area contributed by atoms with Crippen LogP contribution in [0.5, 0.6) is 0 Å². The van der Waals surface area contributed by atoms with Gasteiger partial charge in [0.25, 0.3) is 5.92 Å². The van der Waals surface area contributed by atoms with Gasteiger partial charge in [-0.3, -0.25) is 0 Å². The van der Waals surface area contributed by atoms with Gasteiger partial charge >= 0.3 is 0 Å². The molecule has 0 unspecified atom stereocenters. The van der Waals surface area contributed by atoms with Crippen LogP contribution < -0.4 is 10.6 Å². The van der Waals surface area contributed by atoms with Gasteiger partial charge in [-0.2, -0.15) is 0 Å². The summed E-state index contributed by atoms with van der Waals surface area (Å²) in [7, 11) is 1.52. The van der Waals surface area contributed by atoms with Gasteiger partial charge in [0.2, 0.25) is 0 Å². The first-order valence-corrected chi connectivity index (χ1v) is 6.67. The van der Waals surface area contributed by atoms with Gasteiger partial charge in [-0.15, -0.1) is 0 Å². The number of hydrogen-bond donors (Lipinski definition) is 2. The maximum atomic E-state index is 13.0. The minimum absolute atomic E-state index is 0.326.